The first-order chi connectivity index (χ1) is 8.09. The van der Waals surface area contributed by atoms with Crippen LogP contribution >= 0.6 is 0 Å². The van der Waals surface area contributed by atoms with Crippen molar-refractivity contribution in [1.82, 2.24) is 0 Å². The summed E-state index contributed by atoms with van der Waals surface area (Å²) >= 11 is 0. The lowest BCUT2D eigenvalue weighted by Gasteiger charge is -2.05. The van der Waals surface area contributed by atoms with Crippen LogP contribution in [0.1, 0.15) is 18.4 Å². The summed E-state index contributed by atoms with van der Waals surface area (Å²) in [5.41, 5.74) is 0.965. The molecule has 0 aliphatic carbocycles. The Bertz CT molecular complexity index is 409. The molecule has 0 bridgehead atoms. The van der Waals surface area contributed by atoms with Crippen LogP contribution in [-0.4, -0.2) is 22.2 Å². The Hall–Kier alpha value is -2.10. The number of rotatable bonds is 6. The molecule has 0 aromatic heterocycles. The smallest absolute Gasteiger partial charge is 0.307 e. The minimum absolute atomic E-state index is 0.219. The summed E-state index contributed by atoms with van der Waals surface area (Å²) in [5.74, 6) is -3.04. The maximum atomic E-state index is 10.8. The molecule has 17 heavy (non-hydrogen) atoms. The van der Waals surface area contributed by atoms with Crippen LogP contribution < -0.4 is 0 Å². The molecule has 0 heterocycles. The van der Waals surface area contributed by atoms with Gasteiger partial charge in [-0.2, -0.15) is 0 Å². The number of carbonyl (C=O) groups is 2. The van der Waals surface area contributed by atoms with Crippen molar-refractivity contribution in [3.8, 4) is 0 Å². The van der Waals surface area contributed by atoms with E-state index >= 15 is 0 Å². The van der Waals surface area contributed by atoms with Gasteiger partial charge in [0.15, 0.2) is 0 Å². The highest BCUT2D eigenvalue weighted by atomic mass is 16.4. The fourth-order valence-corrected chi connectivity index (χ4v) is 1.41. The molecule has 4 nitrogen and oxygen atoms in total. The van der Waals surface area contributed by atoms with Crippen LogP contribution in [0, 0.1) is 5.92 Å². The molecule has 0 fully saturated rings. The summed E-state index contributed by atoms with van der Waals surface area (Å²) in [6.45, 7) is 0. The second-order valence-electron chi connectivity index (χ2n) is 3.68. The first-order valence-electron chi connectivity index (χ1n) is 5.26. The molecule has 0 radical (unpaired) electrons. The molecule has 1 rings (SSSR count). The molecule has 1 aromatic rings. The molecule has 1 aromatic carbocycles. The van der Waals surface area contributed by atoms with E-state index in [0.717, 1.165) is 5.56 Å². The number of carboxylic acid groups (broad SMARTS) is 2. The average Bonchev–Trinajstić information content (AvgIpc) is 2.28. The number of hydrogen-bond donors (Lipinski definition) is 2. The Kier molecular flexibility index (Phi) is 4.94. The highest BCUT2D eigenvalue weighted by Gasteiger charge is 2.19. The molecule has 2 N–H and O–H groups in total. The third-order valence-electron chi connectivity index (χ3n) is 2.30. The molecular formula is C13H14O4. The monoisotopic (exact) mass is 234 g/mol. The van der Waals surface area contributed by atoms with Crippen LogP contribution in [0.2, 0.25) is 0 Å². The maximum absolute atomic E-state index is 10.8. The Balaban J connectivity index is 2.55. The molecule has 0 unspecified atom stereocenters. The lowest BCUT2D eigenvalue weighted by atomic mass is 10.0. The third-order valence-corrected chi connectivity index (χ3v) is 2.30. The van der Waals surface area contributed by atoms with Gasteiger partial charge in [0.25, 0.3) is 0 Å². The van der Waals surface area contributed by atoms with Crippen LogP contribution in [0.5, 0.6) is 0 Å². The van der Waals surface area contributed by atoms with Crippen molar-refractivity contribution >= 4 is 18.0 Å². The van der Waals surface area contributed by atoms with Gasteiger partial charge in [0, 0.05) is 0 Å². The molecule has 0 saturated heterocycles. The van der Waals surface area contributed by atoms with Gasteiger partial charge in [-0.3, -0.25) is 9.59 Å². The van der Waals surface area contributed by atoms with Gasteiger partial charge in [-0.05, 0) is 12.0 Å². The van der Waals surface area contributed by atoms with E-state index in [1.165, 1.54) is 0 Å². The van der Waals surface area contributed by atoms with Gasteiger partial charge in [0.2, 0.25) is 0 Å². The molecule has 90 valence electrons. The topological polar surface area (TPSA) is 74.6 Å². The van der Waals surface area contributed by atoms with Gasteiger partial charge < -0.3 is 10.2 Å². The number of allylic oxidation sites excluding steroid dienone is 1. The molecule has 0 aliphatic heterocycles. The number of hydrogen-bond acceptors (Lipinski definition) is 2. The summed E-state index contributed by atoms with van der Waals surface area (Å²) in [4.78, 5) is 21.2. The van der Waals surface area contributed by atoms with E-state index in [0.29, 0.717) is 0 Å². The van der Waals surface area contributed by atoms with Crippen LogP contribution in [0.3, 0.4) is 0 Å². The molecule has 0 amide bonds. The first-order valence-corrected chi connectivity index (χ1v) is 5.26. The second kappa shape index (κ2) is 6.48. The molecule has 0 aliphatic rings. The summed E-state index contributed by atoms with van der Waals surface area (Å²) in [5, 5.41) is 17.4. The number of aliphatic carboxylic acids is 2. The highest BCUT2D eigenvalue weighted by molar-refractivity contribution is 5.78. The molecular weight excluding hydrogens is 220 g/mol. The highest BCUT2D eigenvalue weighted by Crippen LogP contribution is 2.11. The fraction of sp³-hybridized carbons (Fsp3) is 0.231. The van der Waals surface area contributed by atoms with Crippen LogP contribution in [0.25, 0.3) is 6.08 Å². The normalized spacial score (nSPS) is 12.5. The molecule has 1 atom stereocenters. The van der Waals surface area contributed by atoms with Gasteiger partial charge in [0.1, 0.15) is 0 Å². The van der Waals surface area contributed by atoms with E-state index in [4.69, 9.17) is 10.2 Å². The lowest BCUT2D eigenvalue weighted by molar-refractivity contribution is -0.148. The van der Waals surface area contributed by atoms with Gasteiger partial charge in [-0.25, -0.2) is 0 Å². The molecule has 0 spiro atoms. The quantitative estimate of drug-likeness (QED) is 0.791. The summed E-state index contributed by atoms with van der Waals surface area (Å²) < 4.78 is 0. The van der Waals surface area contributed by atoms with E-state index in [-0.39, 0.29) is 12.8 Å². The summed E-state index contributed by atoms with van der Waals surface area (Å²) in [6, 6.07) is 9.44. The zero-order valence-electron chi connectivity index (χ0n) is 9.24. The predicted octanol–water partition coefficient (Wildman–Crippen LogP) is 2.27. The van der Waals surface area contributed by atoms with Crippen molar-refractivity contribution in [1.29, 1.82) is 0 Å². The van der Waals surface area contributed by atoms with Crippen molar-refractivity contribution in [2.24, 2.45) is 5.92 Å². The first kappa shape index (κ1) is 13.0. The molecule has 0 saturated carbocycles. The van der Waals surface area contributed by atoms with Crippen molar-refractivity contribution in [2.45, 2.75) is 12.8 Å². The number of benzene rings is 1. The fourth-order valence-electron chi connectivity index (χ4n) is 1.41. The Morgan fingerprint density at radius 3 is 2.35 bits per heavy atom. The minimum Gasteiger partial charge on any atom is -0.481 e. The largest absolute Gasteiger partial charge is 0.481 e. The lowest BCUT2D eigenvalue weighted by Crippen LogP contribution is -2.16. The SMILES string of the molecule is O=C(O)C[C@@H](C/C=C/c1ccccc1)C(=O)O. The van der Waals surface area contributed by atoms with Crippen LogP contribution in [0.15, 0.2) is 36.4 Å². The number of carboxylic acids is 2. The van der Waals surface area contributed by atoms with Crippen LogP contribution in [0.4, 0.5) is 0 Å². The standard InChI is InChI=1S/C13H14O4/c14-12(15)9-11(13(16)17)8-4-7-10-5-2-1-3-6-10/h1-7,11H,8-9H2,(H,14,15)(H,16,17)/b7-4+/t11-/m1/s1. The van der Waals surface area contributed by atoms with E-state index in [2.05, 4.69) is 0 Å². The minimum atomic E-state index is -1.09. The van der Waals surface area contributed by atoms with Crippen molar-refractivity contribution in [3.05, 3.63) is 42.0 Å². The Morgan fingerprint density at radius 2 is 1.82 bits per heavy atom. The van der Waals surface area contributed by atoms with E-state index in [1.807, 2.05) is 30.3 Å². The molecule has 4 heteroatoms. The Labute approximate surface area is 99.2 Å². The average molecular weight is 234 g/mol. The van der Waals surface area contributed by atoms with E-state index in [1.54, 1.807) is 12.2 Å². The maximum Gasteiger partial charge on any atom is 0.307 e. The van der Waals surface area contributed by atoms with Gasteiger partial charge in [0.05, 0.1) is 12.3 Å². The Morgan fingerprint density at radius 1 is 1.18 bits per heavy atom. The predicted molar refractivity (Wildman–Crippen MR) is 63.5 cm³/mol. The summed E-state index contributed by atoms with van der Waals surface area (Å²) in [6.07, 6.45) is 3.35. The van der Waals surface area contributed by atoms with Gasteiger partial charge in [-0.1, -0.05) is 42.5 Å². The van der Waals surface area contributed by atoms with Gasteiger partial charge in [-0.15, -0.1) is 0 Å². The van der Waals surface area contributed by atoms with E-state index < -0.39 is 17.9 Å². The van der Waals surface area contributed by atoms with Crippen molar-refractivity contribution in [3.63, 3.8) is 0 Å². The van der Waals surface area contributed by atoms with Crippen molar-refractivity contribution in [2.75, 3.05) is 0 Å². The zero-order chi connectivity index (χ0) is 12.7. The van der Waals surface area contributed by atoms with Crippen molar-refractivity contribution < 1.29 is 19.8 Å². The summed E-state index contributed by atoms with van der Waals surface area (Å²) in [7, 11) is 0. The second-order valence-corrected chi connectivity index (χ2v) is 3.68. The van der Waals surface area contributed by atoms with Crippen LogP contribution in [-0.2, 0) is 9.59 Å². The van der Waals surface area contributed by atoms with Gasteiger partial charge >= 0.3 is 11.9 Å². The third kappa shape index (κ3) is 4.97. The van der Waals surface area contributed by atoms with E-state index in [9.17, 15) is 9.59 Å². The zero-order valence-corrected chi connectivity index (χ0v) is 9.24.